The molecule has 0 saturated carbocycles. The first-order valence-corrected chi connectivity index (χ1v) is 8.43. The van der Waals surface area contributed by atoms with Gasteiger partial charge in [0.1, 0.15) is 18.2 Å². The van der Waals surface area contributed by atoms with Gasteiger partial charge in [-0.15, -0.1) is 0 Å². The van der Waals surface area contributed by atoms with Gasteiger partial charge < -0.3 is 20.4 Å². The van der Waals surface area contributed by atoms with Gasteiger partial charge in [-0.25, -0.2) is 4.98 Å². The first-order chi connectivity index (χ1) is 12.2. The summed E-state index contributed by atoms with van der Waals surface area (Å²) in [6, 6.07) is 13.2. The predicted molar refractivity (Wildman–Crippen MR) is 95.6 cm³/mol. The van der Waals surface area contributed by atoms with E-state index >= 15 is 0 Å². The van der Waals surface area contributed by atoms with Crippen LogP contribution < -0.4 is 15.4 Å². The van der Waals surface area contributed by atoms with Crippen LogP contribution in [0.2, 0.25) is 0 Å². The van der Waals surface area contributed by atoms with Crippen molar-refractivity contribution < 1.29 is 9.53 Å². The zero-order valence-electron chi connectivity index (χ0n) is 14.0. The molecule has 6 heteroatoms. The topological polar surface area (TPSA) is 79.0 Å². The molecular formula is C19H20N4O2. The zero-order chi connectivity index (χ0) is 17.2. The summed E-state index contributed by atoms with van der Waals surface area (Å²) < 4.78 is 5.79. The van der Waals surface area contributed by atoms with E-state index in [1.54, 1.807) is 6.07 Å². The lowest BCUT2D eigenvalue weighted by atomic mass is 10.1. The van der Waals surface area contributed by atoms with Crippen LogP contribution in [0.1, 0.15) is 34.7 Å². The normalized spacial score (nSPS) is 15.1. The van der Waals surface area contributed by atoms with Crippen molar-refractivity contribution >= 4 is 16.9 Å². The van der Waals surface area contributed by atoms with E-state index in [9.17, 15) is 4.79 Å². The molecule has 4 rings (SSSR count). The van der Waals surface area contributed by atoms with Crippen molar-refractivity contribution in [1.82, 2.24) is 20.6 Å². The van der Waals surface area contributed by atoms with Gasteiger partial charge >= 0.3 is 0 Å². The number of carbonyl (C=O) groups excluding carboxylic acids is 1. The van der Waals surface area contributed by atoms with Gasteiger partial charge in [0.25, 0.3) is 5.91 Å². The highest BCUT2D eigenvalue weighted by Gasteiger charge is 2.20. The number of amides is 1. The molecule has 25 heavy (non-hydrogen) atoms. The first-order valence-electron chi connectivity index (χ1n) is 8.43. The Bertz CT molecular complexity index is 886. The van der Waals surface area contributed by atoms with Gasteiger partial charge in [-0.1, -0.05) is 24.3 Å². The average Bonchev–Trinajstić information content (AvgIpc) is 2.92. The molecule has 3 N–H and O–H groups in total. The highest BCUT2D eigenvalue weighted by molar-refractivity contribution is 5.97. The molecule has 0 radical (unpaired) electrons. The number of hydrogen-bond donors (Lipinski definition) is 3. The second kappa shape index (κ2) is 6.57. The van der Waals surface area contributed by atoms with Gasteiger partial charge in [-0.3, -0.25) is 4.79 Å². The van der Waals surface area contributed by atoms with Crippen LogP contribution in [-0.4, -0.2) is 29.0 Å². The third-order valence-corrected chi connectivity index (χ3v) is 4.35. The summed E-state index contributed by atoms with van der Waals surface area (Å²) in [7, 11) is 0. The summed E-state index contributed by atoms with van der Waals surface area (Å²) in [5.41, 5.74) is 3.41. The second-order valence-corrected chi connectivity index (χ2v) is 6.15. The molecule has 1 amide bonds. The van der Waals surface area contributed by atoms with E-state index in [0.717, 1.165) is 29.0 Å². The Morgan fingerprint density at radius 2 is 2.12 bits per heavy atom. The smallest absolute Gasteiger partial charge is 0.255 e. The van der Waals surface area contributed by atoms with Gasteiger partial charge in [0.15, 0.2) is 0 Å². The van der Waals surface area contributed by atoms with Crippen molar-refractivity contribution in [3.05, 3.63) is 59.4 Å². The number of aromatic nitrogens is 2. The highest BCUT2D eigenvalue weighted by Crippen LogP contribution is 2.26. The van der Waals surface area contributed by atoms with Crippen LogP contribution in [0.25, 0.3) is 11.0 Å². The standard InChI is InChI=1S/C19H20N4O2/c1-12(18-22-15-7-2-3-8-16(15)23-18)21-19(24)14-6-4-5-13-11-20-9-10-25-17(13)14/h2-8,12,20H,9-11H2,1H3,(H,21,24)(H,22,23). The minimum Gasteiger partial charge on any atom is -0.491 e. The third-order valence-electron chi connectivity index (χ3n) is 4.35. The van der Waals surface area contributed by atoms with E-state index in [4.69, 9.17) is 4.74 Å². The van der Waals surface area contributed by atoms with Crippen molar-refractivity contribution in [3.63, 3.8) is 0 Å². The fourth-order valence-electron chi connectivity index (χ4n) is 3.04. The van der Waals surface area contributed by atoms with Crippen LogP contribution >= 0.6 is 0 Å². The van der Waals surface area contributed by atoms with Crippen molar-refractivity contribution in [2.75, 3.05) is 13.2 Å². The summed E-state index contributed by atoms with van der Waals surface area (Å²) >= 11 is 0. The van der Waals surface area contributed by atoms with Crippen molar-refractivity contribution in [3.8, 4) is 5.75 Å². The lowest BCUT2D eigenvalue weighted by molar-refractivity contribution is 0.0934. The summed E-state index contributed by atoms with van der Waals surface area (Å²) in [4.78, 5) is 20.6. The molecule has 1 aromatic heterocycles. The number of para-hydroxylation sites is 3. The molecule has 0 saturated heterocycles. The molecule has 0 spiro atoms. The summed E-state index contributed by atoms with van der Waals surface area (Å²) in [6.45, 7) is 3.94. The average molecular weight is 336 g/mol. The van der Waals surface area contributed by atoms with Gasteiger partial charge in [-0.05, 0) is 25.1 Å². The fraction of sp³-hybridized carbons (Fsp3) is 0.263. The Labute approximate surface area is 145 Å². The number of nitrogens with zero attached hydrogens (tertiary/aromatic N) is 1. The lowest BCUT2D eigenvalue weighted by Crippen LogP contribution is -2.28. The quantitative estimate of drug-likeness (QED) is 0.687. The molecule has 0 fully saturated rings. The maximum Gasteiger partial charge on any atom is 0.255 e. The number of imidazole rings is 1. The number of nitrogens with one attached hydrogen (secondary N) is 3. The maximum absolute atomic E-state index is 12.8. The van der Waals surface area contributed by atoms with E-state index in [1.807, 2.05) is 43.3 Å². The van der Waals surface area contributed by atoms with Crippen LogP contribution in [0.3, 0.4) is 0 Å². The SMILES string of the molecule is CC(NC(=O)c1cccc2c1OCCNC2)c1nc2ccccc2[nH]1. The van der Waals surface area contributed by atoms with Gasteiger partial charge in [0.05, 0.1) is 22.6 Å². The van der Waals surface area contributed by atoms with E-state index in [0.29, 0.717) is 24.5 Å². The number of H-pyrrole nitrogens is 1. The Kier molecular flexibility index (Phi) is 4.11. The monoisotopic (exact) mass is 336 g/mol. The number of rotatable bonds is 3. The molecule has 1 unspecified atom stereocenters. The molecule has 1 aliphatic rings. The minimum absolute atomic E-state index is 0.160. The number of hydrogen-bond acceptors (Lipinski definition) is 4. The largest absolute Gasteiger partial charge is 0.491 e. The molecule has 0 bridgehead atoms. The fourth-order valence-corrected chi connectivity index (χ4v) is 3.04. The van der Waals surface area contributed by atoms with Crippen LogP contribution in [0.5, 0.6) is 5.75 Å². The summed E-state index contributed by atoms with van der Waals surface area (Å²) in [5, 5.41) is 6.29. The van der Waals surface area contributed by atoms with E-state index < -0.39 is 0 Å². The molecule has 2 aromatic carbocycles. The Hall–Kier alpha value is -2.86. The molecule has 2 heterocycles. The molecule has 0 aliphatic carbocycles. The number of ether oxygens (including phenoxy) is 1. The Balaban J connectivity index is 1.57. The van der Waals surface area contributed by atoms with E-state index in [2.05, 4.69) is 20.6 Å². The first kappa shape index (κ1) is 15.7. The predicted octanol–water partition coefficient (Wildman–Crippen LogP) is 2.54. The molecular weight excluding hydrogens is 316 g/mol. The van der Waals surface area contributed by atoms with Crippen LogP contribution in [0.4, 0.5) is 0 Å². The zero-order valence-corrected chi connectivity index (χ0v) is 14.0. The minimum atomic E-state index is -0.236. The Morgan fingerprint density at radius 1 is 1.24 bits per heavy atom. The number of fused-ring (bicyclic) bond motifs is 2. The van der Waals surface area contributed by atoms with Gasteiger partial charge in [0.2, 0.25) is 0 Å². The van der Waals surface area contributed by atoms with E-state index in [1.165, 1.54) is 0 Å². The van der Waals surface area contributed by atoms with E-state index in [-0.39, 0.29) is 11.9 Å². The lowest BCUT2D eigenvalue weighted by Gasteiger charge is -2.15. The van der Waals surface area contributed by atoms with Gasteiger partial charge in [-0.2, -0.15) is 0 Å². The summed E-state index contributed by atoms with van der Waals surface area (Å²) in [5.74, 6) is 1.24. The van der Waals surface area contributed by atoms with Crippen LogP contribution in [-0.2, 0) is 6.54 Å². The van der Waals surface area contributed by atoms with Gasteiger partial charge in [0, 0.05) is 18.7 Å². The molecule has 1 aliphatic heterocycles. The highest BCUT2D eigenvalue weighted by atomic mass is 16.5. The molecule has 1 atom stereocenters. The van der Waals surface area contributed by atoms with Crippen LogP contribution in [0.15, 0.2) is 42.5 Å². The van der Waals surface area contributed by atoms with Crippen LogP contribution in [0, 0.1) is 0 Å². The number of carbonyl (C=O) groups is 1. The Morgan fingerprint density at radius 3 is 3.00 bits per heavy atom. The third kappa shape index (κ3) is 3.08. The maximum atomic E-state index is 12.8. The number of aromatic amines is 1. The molecule has 3 aromatic rings. The molecule has 128 valence electrons. The number of benzene rings is 2. The van der Waals surface area contributed by atoms with Crippen molar-refractivity contribution in [1.29, 1.82) is 0 Å². The van der Waals surface area contributed by atoms with Crippen molar-refractivity contribution in [2.24, 2.45) is 0 Å². The molecule has 6 nitrogen and oxygen atoms in total. The second-order valence-electron chi connectivity index (χ2n) is 6.15. The van der Waals surface area contributed by atoms with Crippen molar-refractivity contribution in [2.45, 2.75) is 19.5 Å². The summed E-state index contributed by atoms with van der Waals surface area (Å²) in [6.07, 6.45) is 0.